The van der Waals surface area contributed by atoms with Gasteiger partial charge in [-0.3, -0.25) is 4.79 Å². The van der Waals surface area contributed by atoms with Crippen LogP contribution in [0.3, 0.4) is 0 Å². The highest BCUT2D eigenvalue weighted by Gasteiger charge is 2.10. The molecular formula is C15H12F2O2S. The van der Waals surface area contributed by atoms with Crippen LogP contribution in [0.25, 0.3) is 0 Å². The second-order valence-electron chi connectivity index (χ2n) is 4.02. The largest absolute Gasteiger partial charge is 0.482 e. The van der Waals surface area contributed by atoms with E-state index in [-0.39, 0.29) is 18.1 Å². The molecule has 2 rings (SSSR count). The van der Waals surface area contributed by atoms with Crippen molar-refractivity contribution in [2.45, 2.75) is 4.90 Å². The van der Waals surface area contributed by atoms with Crippen LogP contribution >= 0.6 is 11.8 Å². The molecule has 104 valence electrons. The van der Waals surface area contributed by atoms with Gasteiger partial charge >= 0.3 is 0 Å². The molecule has 2 nitrogen and oxygen atoms in total. The highest BCUT2D eigenvalue weighted by atomic mass is 32.2. The van der Waals surface area contributed by atoms with Crippen LogP contribution in [0.4, 0.5) is 8.78 Å². The minimum Gasteiger partial charge on any atom is -0.482 e. The molecule has 0 unspecified atom stereocenters. The monoisotopic (exact) mass is 294 g/mol. The lowest BCUT2D eigenvalue weighted by molar-refractivity contribution is 0.0918. The van der Waals surface area contributed by atoms with Gasteiger partial charge in [0.15, 0.2) is 24.0 Å². The van der Waals surface area contributed by atoms with E-state index in [1.807, 2.05) is 18.4 Å². The molecular weight excluding hydrogens is 282 g/mol. The van der Waals surface area contributed by atoms with Crippen molar-refractivity contribution in [3.63, 3.8) is 0 Å². The number of ether oxygens (including phenoxy) is 1. The molecule has 0 atom stereocenters. The third-order valence-electron chi connectivity index (χ3n) is 2.66. The van der Waals surface area contributed by atoms with Crippen molar-refractivity contribution in [1.82, 2.24) is 0 Å². The highest BCUT2D eigenvalue weighted by Crippen LogP contribution is 2.18. The van der Waals surface area contributed by atoms with Crippen molar-refractivity contribution in [2.24, 2.45) is 0 Å². The molecule has 0 aromatic heterocycles. The second kappa shape index (κ2) is 6.52. The summed E-state index contributed by atoms with van der Waals surface area (Å²) in [7, 11) is 0. The van der Waals surface area contributed by atoms with Gasteiger partial charge in [0.25, 0.3) is 0 Å². The first-order valence-corrected chi connectivity index (χ1v) is 7.07. The summed E-state index contributed by atoms with van der Waals surface area (Å²) in [5.74, 6) is -1.91. The summed E-state index contributed by atoms with van der Waals surface area (Å²) < 4.78 is 31.1. The van der Waals surface area contributed by atoms with Crippen molar-refractivity contribution in [3.8, 4) is 5.75 Å². The van der Waals surface area contributed by atoms with Crippen molar-refractivity contribution in [3.05, 3.63) is 59.7 Å². The Hall–Kier alpha value is -1.88. The highest BCUT2D eigenvalue weighted by molar-refractivity contribution is 7.98. The fraction of sp³-hybridized carbons (Fsp3) is 0.133. The predicted octanol–water partition coefficient (Wildman–Crippen LogP) is 3.95. The van der Waals surface area contributed by atoms with E-state index in [9.17, 15) is 13.6 Å². The van der Waals surface area contributed by atoms with Gasteiger partial charge < -0.3 is 4.74 Å². The molecule has 0 fully saturated rings. The lowest BCUT2D eigenvalue weighted by atomic mass is 10.1. The number of ketones is 1. The number of thioether (sulfide) groups is 1. The van der Waals surface area contributed by atoms with Crippen LogP contribution < -0.4 is 4.74 Å². The van der Waals surface area contributed by atoms with E-state index in [2.05, 4.69) is 0 Å². The maximum atomic E-state index is 13.3. The minimum absolute atomic E-state index is 0.138. The second-order valence-corrected chi connectivity index (χ2v) is 4.89. The van der Waals surface area contributed by atoms with Crippen molar-refractivity contribution >= 4 is 17.5 Å². The average Bonchev–Trinajstić information content (AvgIpc) is 2.46. The SMILES string of the molecule is CSc1ccc(C(=O)COc2ccc(F)cc2F)cc1. The molecule has 0 saturated heterocycles. The predicted molar refractivity (Wildman–Crippen MR) is 74.4 cm³/mol. The Kier molecular flexibility index (Phi) is 4.74. The van der Waals surface area contributed by atoms with Crippen LogP contribution in [-0.2, 0) is 0 Å². The molecule has 0 heterocycles. The standard InChI is InChI=1S/C15H12F2O2S/c1-20-12-5-2-10(3-6-12)14(18)9-19-15-7-4-11(16)8-13(15)17/h2-8H,9H2,1H3. The Labute approximate surface area is 119 Å². The van der Waals surface area contributed by atoms with Crippen molar-refractivity contribution in [2.75, 3.05) is 12.9 Å². The normalized spacial score (nSPS) is 10.3. The summed E-state index contributed by atoms with van der Waals surface area (Å²) in [4.78, 5) is 12.9. The van der Waals surface area contributed by atoms with E-state index in [4.69, 9.17) is 4.74 Å². The van der Waals surface area contributed by atoms with E-state index in [0.717, 1.165) is 17.0 Å². The number of carbonyl (C=O) groups excluding carboxylic acids is 1. The topological polar surface area (TPSA) is 26.3 Å². The summed E-state index contributed by atoms with van der Waals surface area (Å²) in [6, 6.07) is 10.0. The van der Waals surface area contributed by atoms with Gasteiger partial charge in [-0.05, 0) is 30.5 Å². The molecule has 0 radical (unpaired) electrons. The Morgan fingerprint density at radius 3 is 2.45 bits per heavy atom. The molecule has 0 aliphatic carbocycles. The molecule has 2 aromatic carbocycles. The van der Waals surface area contributed by atoms with Crippen LogP contribution in [0.2, 0.25) is 0 Å². The summed E-state index contributed by atoms with van der Waals surface area (Å²) in [5, 5.41) is 0. The van der Waals surface area contributed by atoms with Gasteiger partial charge in [-0.15, -0.1) is 11.8 Å². The van der Waals surface area contributed by atoms with Gasteiger partial charge in [-0.2, -0.15) is 0 Å². The number of benzene rings is 2. The zero-order valence-electron chi connectivity index (χ0n) is 10.7. The lowest BCUT2D eigenvalue weighted by Gasteiger charge is -2.07. The fourth-order valence-corrected chi connectivity index (χ4v) is 2.00. The van der Waals surface area contributed by atoms with E-state index >= 15 is 0 Å². The van der Waals surface area contributed by atoms with Gasteiger partial charge in [0.1, 0.15) is 5.82 Å². The van der Waals surface area contributed by atoms with Gasteiger partial charge in [0.05, 0.1) is 0 Å². The maximum Gasteiger partial charge on any atom is 0.200 e. The van der Waals surface area contributed by atoms with Crippen LogP contribution in [0.1, 0.15) is 10.4 Å². The first-order valence-electron chi connectivity index (χ1n) is 5.85. The first kappa shape index (κ1) is 14.5. The maximum absolute atomic E-state index is 13.3. The Morgan fingerprint density at radius 2 is 1.85 bits per heavy atom. The Bertz CT molecular complexity index is 612. The number of rotatable bonds is 5. The van der Waals surface area contributed by atoms with Crippen molar-refractivity contribution < 1.29 is 18.3 Å². The average molecular weight is 294 g/mol. The Balaban J connectivity index is 2.00. The number of carbonyl (C=O) groups is 1. The smallest absolute Gasteiger partial charge is 0.200 e. The summed E-state index contributed by atoms with van der Waals surface area (Å²) in [5.41, 5.74) is 0.491. The summed E-state index contributed by atoms with van der Waals surface area (Å²) in [6.45, 7) is -0.291. The minimum atomic E-state index is -0.824. The molecule has 0 saturated carbocycles. The van der Waals surface area contributed by atoms with E-state index in [1.54, 1.807) is 23.9 Å². The number of Topliss-reactive ketones (excluding diaryl/α,β-unsaturated/α-hetero) is 1. The zero-order chi connectivity index (χ0) is 14.5. The van der Waals surface area contributed by atoms with Gasteiger partial charge in [0, 0.05) is 16.5 Å². The molecule has 0 aliphatic rings. The van der Waals surface area contributed by atoms with E-state index in [1.165, 1.54) is 0 Å². The number of hydrogen-bond acceptors (Lipinski definition) is 3. The van der Waals surface area contributed by atoms with E-state index in [0.29, 0.717) is 11.6 Å². The lowest BCUT2D eigenvalue weighted by Crippen LogP contribution is -2.12. The summed E-state index contributed by atoms with van der Waals surface area (Å²) in [6.07, 6.45) is 1.94. The molecule has 0 aliphatic heterocycles. The summed E-state index contributed by atoms with van der Waals surface area (Å²) >= 11 is 1.58. The van der Waals surface area contributed by atoms with Gasteiger partial charge in [-0.1, -0.05) is 12.1 Å². The van der Waals surface area contributed by atoms with Crippen LogP contribution in [0.15, 0.2) is 47.4 Å². The molecule has 0 spiro atoms. The first-order chi connectivity index (χ1) is 9.60. The molecule has 2 aromatic rings. The van der Waals surface area contributed by atoms with Crippen molar-refractivity contribution in [1.29, 1.82) is 0 Å². The zero-order valence-corrected chi connectivity index (χ0v) is 11.5. The van der Waals surface area contributed by atoms with Gasteiger partial charge in [0.2, 0.25) is 0 Å². The molecule has 0 bridgehead atoms. The van der Waals surface area contributed by atoms with E-state index < -0.39 is 11.6 Å². The molecule has 0 N–H and O–H groups in total. The van der Waals surface area contributed by atoms with Crippen LogP contribution in [-0.4, -0.2) is 18.6 Å². The Morgan fingerprint density at radius 1 is 1.15 bits per heavy atom. The van der Waals surface area contributed by atoms with Gasteiger partial charge in [-0.25, -0.2) is 8.78 Å². The molecule has 20 heavy (non-hydrogen) atoms. The quantitative estimate of drug-likeness (QED) is 0.617. The van der Waals surface area contributed by atoms with Crippen LogP contribution in [0.5, 0.6) is 5.75 Å². The van der Waals surface area contributed by atoms with Crippen LogP contribution in [0, 0.1) is 11.6 Å². The fourth-order valence-electron chi connectivity index (χ4n) is 1.60. The third-order valence-corrected chi connectivity index (χ3v) is 3.41. The third kappa shape index (κ3) is 3.57. The molecule has 0 amide bonds. The number of hydrogen-bond donors (Lipinski definition) is 0. The number of halogens is 2. The molecule has 5 heteroatoms.